The zero-order valence-electron chi connectivity index (χ0n) is 17.0. The number of rotatable bonds is 7. The number of ketones is 3. The van der Waals surface area contributed by atoms with E-state index in [9.17, 15) is 28.8 Å². The van der Waals surface area contributed by atoms with Crippen molar-refractivity contribution in [2.75, 3.05) is 6.67 Å². The van der Waals surface area contributed by atoms with E-state index < -0.39 is 5.41 Å². The van der Waals surface area contributed by atoms with Gasteiger partial charge < -0.3 is 15.4 Å². The van der Waals surface area contributed by atoms with E-state index in [0.29, 0.717) is 6.42 Å². The minimum atomic E-state index is -0.778. The molecule has 0 spiro atoms. The summed E-state index contributed by atoms with van der Waals surface area (Å²) in [6, 6.07) is 0. The number of aldehydes is 1. The average Bonchev–Trinajstić information content (AvgIpc) is 2.47. The van der Waals surface area contributed by atoms with E-state index in [-0.39, 0.29) is 41.8 Å². The summed E-state index contributed by atoms with van der Waals surface area (Å²) in [4.78, 5) is 61.8. The van der Waals surface area contributed by atoms with Crippen LogP contribution >= 0.6 is 0 Å². The second-order valence-corrected chi connectivity index (χ2v) is 6.29. The predicted octanol–water partition coefficient (Wildman–Crippen LogP) is 1.21. The second kappa shape index (κ2) is 14.9. The molecule has 0 bridgehead atoms. The number of hydrogen-bond acceptors (Lipinski definition) is 6. The predicted molar refractivity (Wildman–Crippen MR) is 98.2 cm³/mol. The molecule has 0 radical (unpaired) electrons. The minimum absolute atomic E-state index is 0.0741. The van der Waals surface area contributed by atoms with Gasteiger partial charge in [0.05, 0.1) is 12.1 Å². The van der Waals surface area contributed by atoms with Gasteiger partial charge in [0.2, 0.25) is 11.8 Å². The maximum absolute atomic E-state index is 10.7. The first-order valence-electron chi connectivity index (χ1n) is 8.15. The van der Waals surface area contributed by atoms with Crippen molar-refractivity contribution in [1.82, 2.24) is 10.6 Å². The van der Waals surface area contributed by atoms with Gasteiger partial charge in [-0.3, -0.25) is 24.0 Å². The lowest BCUT2D eigenvalue weighted by molar-refractivity contribution is -0.136. The van der Waals surface area contributed by atoms with Crippen LogP contribution in [0.1, 0.15) is 61.8 Å². The van der Waals surface area contributed by atoms with Crippen LogP contribution in [0.25, 0.3) is 0 Å². The third kappa shape index (κ3) is 18.0. The number of hydrogen-bond donors (Lipinski definition) is 2. The van der Waals surface area contributed by atoms with Crippen molar-refractivity contribution in [2.45, 2.75) is 61.8 Å². The average molecular weight is 372 g/mol. The summed E-state index contributed by atoms with van der Waals surface area (Å²) in [5.41, 5.74) is -0.778. The summed E-state index contributed by atoms with van der Waals surface area (Å²) in [6.45, 7) is 12.4. The maximum atomic E-state index is 10.7. The van der Waals surface area contributed by atoms with Crippen LogP contribution in [0.5, 0.6) is 0 Å². The fourth-order valence-corrected chi connectivity index (χ4v) is 0.851. The number of carbonyl (C=O) groups is 6. The SMILES string of the molecule is CC(=O)C(C)(C)C(C)=O.CC(=O)C(C)CC=O.CC(=O)NCNC(C)=O. The van der Waals surface area contributed by atoms with Gasteiger partial charge in [-0.1, -0.05) is 6.92 Å². The van der Waals surface area contributed by atoms with E-state index in [0.717, 1.165) is 6.29 Å². The first-order valence-corrected chi connectivity index (χ1v) is 8.15. The van der Waals surface area contributed by atoms with Crippen molar-refractivity contribution in [1.29, 1.82) is 0 Å². The van der Waals surface area contributed by atoms with Gasteiger partial charge in [0.1, 0.15) is 23.6 Å². The van der Waals surface area contributed by atoms with E-state index in [1.165, 1.54) is 34.6 Å². The van der Waals surface area contributed by atoms with E-state index in [1.807, 2.05) is 0 Å². The van der Waals surface area contributed by atoms with Crippen molar-refractivity contribution in [3.05, 3.63) is 0 Å². The van der Waals surface area contributed by atoms with Crippen molar-refractivity contribution >= 4 is 35.5 Å². The van der Waals surface area contributed by atoms with Crippen LogP contribution < -0.4 is 10.6 Å². The van der Waals surface area contributed by atoms with Gasteiger partial charge in [0, 0.05) is 26.2 Å². The summed E-state index contributed by atoms with van der Waals surface area (Å²) in [6.07, 6.45) is 1.13. The Morgan fingerprint density at radius 3 is 1.31 bits per heavy atom. The molecule has 0 heterocycles. The van der Waals surface area contributed by atoms with Crippen molar-refractivity contribution in [2.24, 2.45) is 11.3 Å². The van der Waals surface area contributed by atoms with Gasteiger partial charge in [-0.25, -0.2) is 0 Å². The van der Waals surface area contributed by atoms with Crippen LogP contribution in [0.3, 0.4) is 0 Å². The smallest absolute Gasteiger partial charge is 0.218 e. The van der Waals surface area contributed by atoms with Crippen molar-refractivity contribution < 1.29 is 28.8 Å². The largest absolute Gasteiger partial charge is 0.339 e. The molecule has 0 fully saturated rings. The van der Waals surface area contributed by atoms with Crippen LogP contribution in [0.2, 0.25) is 0 Å². The molecular weight excluding hydrogens is 340 g/mol. The van der Waals surface area contributed by atoms with Gasteiger partial charge in [0.15, 0.2) is 0 Å². The Morgan fingerprint density at radius 2 is 1.19 bits per heavy atom. The summed E-state index contributed by atoms with van der Waals surface area (Å²) < 4.78 is 0. The van der Waals surface area contributed by atoms with Gasteiger partial charge in [-0.05, 0) is 34.6 Å². The van der Waals surface area contributed by atoms with Gasteiger partial charge in [-0.2, -0.15) is 0 Å². The number of carbonyl (C=O) groups excluding carboxylic acids is 6. The third-order valence-electron chi connectivity index (χ3n) is 3.58. The zero-order chi connectivity index (χ0) is 21.5. The van der Waals surface area contributed by atoms with Gasteiger partial charge in [0.25, 0.3) is 0 Å². The molecule has 2 N–H and O–H groups in total. The molecule has 0 aromatic rings. The van der Waals surface area contributed by atoms with Crippen LogP contribution in [-0.4, -0.2) is 42.1 Å². The Hall–Kier alpha value is -2.38. The molecule has 26 heavy (non-hydrogen) atoms. The Kier molecular flexibility index (Phi) is 16.3. The molecule has 8 nitrogen and oxygen atoms in total. The van der Waals surface area contributed by atoms with E-state index in [2.05, 4.69) is 10.6 Å². The Morgan fingerprint density at radius 1 is 0.846 bits per heavy atom. The molecule has 2 amide bonds. The highest BCUT2D eigenvalue weighted by molar-refractivity contribution is 6.04. The fourth-order valence-electron chi connectivity index (χ4n) is 0.851. The number of amides is 2. The molecule has 8 heteroatoms. The summed E-state index contributed by atoms with van der Waals surface area (Å²) in [7, 11) is 0. The van der Waals surface area contributed by atoms with E-state index in [1.54, 1.807) is 20.8 Å². The molecule has 150 valence electrons. The Bertz CT molecular complexity index is 482. The standard InChI is InChI=1S/C7H12O2.C6H10O2.C5H10N2O2/c1-5(8)7(3,4)6(2)9;1-5(3-4-7)6(2)8;1-4(8)6-3-7-5(2)9/h1-4H3;4-5H,3H2,1-2H3;3H2,1-2H3,(H,6,8)(H,7,9). The topological polar surface area (TPSA) is 126 Å². The van der Waals surface area contributed by atoms with Crippen LogP contribution in [0.15, 0.2) is 0 Å². The highest BCUT2D eigenvalue weighted by atomic mass is 16.2. The zero-order valence-corrected chi connectivity index (χ0v) is 17.0. The first kappa shape index (κ1) is 28.4. The molecule has 0 saturated carbocycles. The third-order valence-corrected chi connectivity index (χ3v) is 3.58. The molecule has 0 aliphatic carbocycles. The van der Waals surface area contributed by atoms with E-state index in [4.69, 9.17) is 0 Å². The summed E-state index contributed by atoms with van der Waals surface area (Å²) >= 11 is 0. The Labute approximate surface area is 155 Å². The highest BCUT2D eigenvalue weighted by Crippen LogP contribution is 2.16. The van der Waals surface area contributed by atoms with Crippen molar-refractivity contribution in [3.8, 4) is 0 Å². The van der Waals surface area contributed by atoms with Crippen LogP contribution in [-0.2, 0) is 28.8 Å². The van der Waals surface area contributed by atoms with E-state index >= 15 is 0 Å². The summed E-state index contributed by atoms with van der Waals surface area (Å²) in [5, 5.41) is 4.81. The van der Waals surface area contributed by atoms with Gasteiger partial charge in [-0.15, -0.1) is 0 Å². The van der Waals surface area contributed by atoms with Crippen molar-refractivity contribution in [3.63, 3.8) is 0 Å². The highest BCUT2D eigenvalue weighted by Gasteiger charge is 2.28. The lowest BCUT2D eigenvalue weighted by Crippen LogP contribution is -2.34. The first-order chi connectivity index (χ1) is 11.7. The molecule has 1 atom stereocenters. The second-order valence-electron chi connectivity index (χ2n) is 6.29. The molecule has 1 unspecified atom stereocenters. The molecular formula is C18H32N2O6. The fraction of sp³-hybridized carbons (Fsp3) is 0.667. The lowest BCUT2D eigenvalue weighted by atomic mass is 9.85. The monoisotopic (exact) mass is 372 g/mol. The van der Waals surface area contributed by atoms with Crippen LogP contribution in [0, 0.1) is 11.3 Å². The number of Topliss-reactive ketones (excluding diaryl/α,β-unsaturated/α-hetero) is 3. The maximum Gasteiger partial charge on any atom is 0.218 e. The molecule has 0 aliphatic rings. The Balaban J connectivity index is -0.000000306. The van der Waals surface area contributed by atoms with Crippen LogP contribution in [0.4, 0.5) is 0 Å². The normalized spacial score (nSPS) is 10.6. The minimum Gasteiger partial charge on any atom is -0.339 e. The molecule has 0 rings (SSSR count). The molecule has 0 saturated heterocycles. The lowest BCUT2D eigenvalue weighted by Gasteiger charge is -2.15. The molecule has 0 aliphatic heterocycles. The molecule has 0 aromatic heterocycles. The quantitative estimate of drug-likeness (QED) is 0.393. The summed E-state index contributed by atoms with van der Waals surface area (Å²) in [5.74, 6) is -0.456. The number of nitrogens with one attached hydrogen (secondary N) is 2. The van der Waals surface area contributed by atoms with Gasteiger partial charge >= 0.3 is 0 Å². The molecule has 0 aromatic carbocycles.